The molecule has 118 valence electrons. The van der Waals surface area contributed by atoms with Gasteiger partial charge in [0.1, 0.15) is 0 Å². The molecule has 0 saturated heterocycles. The summed E-state index contributed by atoms with van der Waals surface area (Å²) in [4.78, 5) is 0. The highest BCUT2D eigenvalue weighted by atomic mass is 16.3. The van der Waals surface area contributed by atoms with Crippen LogP contribution in [0.4, 0.5) is 0 Å². The minimum atomic E-state index is 0.0672. The van der Waals surface area contributed by atoms with Gasteiger partial charge in [0.15, 0.2) is 0 Å². The van der Waals surface area contributed by atoms with Crippen molar-refractivity contribution in [3.8, 4) is 0 Å². The lowest BCUT2D eigenvalue weighted by Gasteiger charge is -2.21. The van der Waals surface area contributed by atoms with Crippen LogP contribution in [-0.2, 0) is 6.61 Å². The number of rotatable bonds is 8. The molecule has 3 N–H and O–H groups in total. The Kier molecular flexibility index (Phi) is 6.59. The van der Waals surface area contributed by atoms with E-state index in [9.17, 15) is 10.2 Å². The molecular formula is C19H25NO2. The molecule has 2 unspecified atom stereocenters. The topological polar surface area (TPSA) is 52.5 Å². The normalized spacial score (nSPS) is 13.8. The second kappa shape index (κ2) is 8.69. The molecule has 3 heteroatoms. The van der Waals surface area contributed by atoms with Crippen molar-refractivity contribution in [1.82, 2.24) is 5.32 Å². The highest BCUT2D eigenvalue weighted by Crippen LogP contribution is 2.20. The van der Waals surface area contributed by atoms with E-state index in [4.69, 9.17) is 0 Å². The molecule has 0 heterocycles. The molecule has 0 radical (unpaired) electrons. The van der Waals surface area contributed by atoms with Crippen molar-refractivity contribution in [3.05, 3.63) is 71.3 Å². The van der Waals surface area contributed by atoms with E-state index >= 15 is 0 Å². The summed E-state index contributed by atoms with van der Waals surface area (Å²) in [5.74, 6) is 0.301. The summed E-state index contributed by atoms with van der Waals surface area (Å²) >= 11 is 0. The van der Waals surface area contributed by atoms with Crippen LogP contribution in [0.1, 0.15) is 42.0 Å². The molecule has 2 aromatic rings. The van der Waals surface area contributed by atoms with Crippen molar-refractivity contribution in [1.29, 1.82) is 0 Å². The monoisotopic (exact) mass is 299 g/mol. The summed E-state index contributed by atoms with van der Waals surface area (Å²) in [5, 5.41) is 22.1. The van der Waals surface area contributed by atoms with Gasteiger partial charge < -0.3 is 15.5 Å². The zero-order chi connectivity index (χ0) is 15.8. The van der Waals surface area contributed by atoms with E-state index in [0.717, 1.165) is 18.5 Å². The van der Waals surface area contributed by atoms with Crippen molar-refractivity contribution < 1.29 is 10.2 Å². The summed E-state index contributed by atoms with van der Waals surface area (Å²) in [6, 6.07) is 18.5. The zero-order valence-electron chi connectivity index (χ0n) is 13.1. The average molecular weight is 299 g/mol. The smallest absolute Gasteiger partial charge is 0.0681 e. The Morgan fingerprint density at radius 3 is 2.36 bits per heavy atom. The largest absolute Gasteiger partial charge is 0.396 e. The third-order valence-electron chi connectivity index (χ3n) is 4.05. The Morgan fingerprint density at radius 1 is 0.955 bits per heavy atom. The first-order valence-electron chi connectivity index (χ1n) is 7.83. The van der Waals surface area contributed by atoms with Crippen LogP contribution in [0.3, 0.4) is 0 Å². The first-order chi connectivity index (χ1) is 10.7. The Bertz CT molecular complexity index is 556. The number of aliphatic hydroxyl groups excluding tert-OH is 2. The molecule has 22 heavy (non-hydrogen) atoms. The summed E-state index contributed by atoms with van der Waals surface area (Å²) in [6.07, 6.45) is 0.750. The second-order valence-corrected chi connectivity index (χ2v) is 5.65. The lowest BCUT2D eigenvalue weighted by Crippen LogP contribution is -2.25. The molecule has 0 aromatic heterocycles. The predicted molar refractivity (Wildman–Crippen MR) is 89.7 cm³/mol. The van der Waals surface area contributed by atoms with E-state index in [2.05, 4.69) is 30.4 Å². The first kappa shape index (κ1) is 16.7. The van der Waals surface area contributed by atoms with Gasteiger partial charge in [-0.15, -0.1) is 0 Å². The zero-order valence-corrected chi connectivity index (χ0v) is 13.1. The number of nitrogens with one attached hydrogen (secondary N) is 1. The Balaban J connectivity index is 1.99. The van der Waals surface area contributed by atoms with Gasteiger partial charge in [-0.3, -0.25) is 0 Å². The van der Waals surface area contributed by atoms with Crippen LogP contribution < -0.4 is 5.32 Å². The summed E-state index contributed by atoms with van der Waals surface area (Å²) in [7, 11) is 0. The van der Waals surface area contributed by atoms with Gasteiger partial charge in [-0.1, -0.05) is 54.6 Å². The van der Waals surface area contributed by atoms with E-state index in [1.807, 2.05) is 36.4 Å². The van der Waals surface area contributed by atoms with Gasteiger partial charge in [-0.05, 0) is 36.0 Å². The summed E-state index contributed by atoms with van der Waals surface area (Å²) in [5.41, 5.74) is 3.35. The molecule has 0 aliphatic carbocycles. The van der Waals surface area contributed by atoms with Gasteiger partial charge in [0, 0.05) is 19.2 Å². The number of hydrogen-bond donors (Lipinski definition) is 3. The standard InChI is InChI=1S/C19H25NO2/c1-15(18-9-5-6-16(12-18)14-22)20-13-19(10-11-21)17-7-3-2-4-8-17/h2-9,12,15,19-22H,10-11,13-14H2,1H3. The molecule has 0 spiro atoms. The van der Waals surface area contributed by atoms with E-state index in [0.29, 0.717) is 5.92 Å². The van der Waals surface area contributed by atoms with Gasteiger partial charge in [-0.25, -0.2) is 0 Å². The molecule has 0 bridgehead atoms. The van der Waals surface area contributed by atoms with Gasteiger partial charge >= 0.3 is 0 Å². The number of hydrogen-bond acceptors (Lipinski definition) is 3. The van der Waals surface area contributed by atoms with Crippen LogP contribution in [0.5, 0.6) is 0 Å². The molecule has 2 aromatic carbocycles. The highest BCUT2D eigenvalue weighted by Gasteiger charge is 2.13. The molecular weight excluding hydrogens is 274 g/mol. The Morgan fingerprint density at radius 2 is 1.68 bits per heavy atom. The van der Waals surface area contributed by atoms with Gasteiger partial charge in [0.05, 0.1) is 6.61 Å². The van der Waals surface area contributed by atoms with Crippen LogP contribution in [0.25, 0.3) is 0 Å². The van der Waals surface area contributed by atoms with E-state index < -0.39 is 0 Å². The van der Waals surface area contributed by atoms with Crippen LogP contribution in [0, 0.1) is 0 Å². The summed E-state index contributed by atoms with van der Waals surface area (Å²) in [6.45, 7) is 3.19. The highest BCUT2D eigenvalue weighted by molar-refractivity contribution is 5.25. The third kappa shape index (κ3) is 4.67. The van der Waals surface area contributed by atoms with Crippen LogP contribution >= 0.6 is 0 Å². The SMILES string of the molecule is CC(NCC(CCO)c1ccccc1)c1cccc(CO)c1. The third-order valence-corrected chi connectivity index (χ3v) is 4.05. The molecule has 0 aliphatic rings. The molecule has 2 atom stereocenters. The minimum Gasteiger partial charge on any atom is -0.396 e. The van der Waals surface area contributed by atoms with Gasteiger partial charge in [0.2, 0.25) is 0 Å². The van der Waals surface area contributed by atoms with Crippen molar-refractivity contribution in [2.45, 2.75) is 31.9 Å². The maximum atomic E-state index is 9.29. The maximum absolute atomic E-state index is 9.29. The van der Waals surface area contributed by atoms with Crippen molar-refractivity contribution >= 4 is 0 Å². The first-order valence-corrected chi connectivity index (χ1v) is 7.83. The minimum absolute atomic E-state index is 0.0672. The van der Waals surface area contributed by atoms with Crippen LogP contribution in [0.15, 0.2) is 54.6 Å². The fourth-order valence-electron chi connectivity index (χ4n) is 2.67. The van der Waals surface area contributed by atoms with Crippen LogP contribution in [-0.4, -0.2) is 23.4 Å². The molecule has 0 saturated carbocycles. The van der Waals surface area contributed by atoms with Gasteiger partial charge in [0.25, 0.3) is 0 Å². The van der Waals surface area contributed by atoms with Crippen molar-refractivity contribution in [3.63, 3.8) is 0 Å². The molecule has 0 amide bonds. The quantitative estimate of drug-likeness (QED) is 0.702. The lowest BCUT2D eigenvalue weighted by atomic mass is 9.95. The van der Waals surface area contributed by atoms with E-state index in [-0.39, 0.29) is 19.3 Å². The fraction of sp³-hybridized carbons (Fsp3) is 0.368. The molecule has 2 rings (SSSR count). The van der Waals surface area contributed by atoms with E-state index in [1.54, 1.807) is 0 Å². The predicted octanol–water partition coefficient (Wildman–Crippen LogP) is 3.00. The summed E-state index contributed by atoms with van der Waals surface area (Å²) < 4.78 is 0. The van der Waals surface area contributed by atoms with Crippen LogP contribution in [0.2, 0.25) is 0 Å². The van der Waals surface area contributed by atoms with Crippen molar-refractivity contribution in [2.75, 3.05) is 13.2 Å². The molecule has 0 fully saturated rings. The Labute approximate surface area is 132 Å². The molecule has 3 nitrogen and oxygen atoms in total. The molecule has 0 aliphatic heterocycles. The second-order valence-electron chi connectivity index (χ2n) is 5.65. The average Bonchev–Trinajstić information content (AvgIpc) is 2.59. The van der Waals surface area contributed by atoms with Gasteiger partial charge in [-0.2, -0.15) is 0 Å². The Hall–Kier alpha value is -1.68. The van der Waals surface area contributed by atoms with E-state index in [1.165, 1.54) is 11.1 Å². The maximum Gasteiger partial charge on any atom is 0.0681 e. The van der Waals surface area contributed by atoms with Crippen molar-refractivity contribution in [2.24, 2.45) is 0 Å². The lowest BCUT2D eigenvalue weighted by molar-refractivity contribution is 0.272. The number of aliphatic hydroxyl groups is 2. The fourth-order valence-corrected chi connectivity index (χ4v) is 2.67. The number of benzene rings is 2.